The quantitative estimate of drug-likeness (QED) is 0.241. The van der Waals surface area contributed by atoms with Gasteiger partial charge in [-0.3, -0.25) is 4.79 Å². The van der Waals surface area contributed by atoms with Crippen molar-refractivity contribution < 1.29 is 9.90 Å². The molecule has 6 rings (SSSR count). The Morgan fingerprint density at radius 2 is 1.71 bits per heavy atom. The van der Waals surface area contributed by atoms with Crippen LogP contribution in [0.1, 0.15) is 40.0 Å². The first kappa shape index (κ1) is 27.2. The average molecular weight is 563 g/mol. The minimum absolute atomic E-state index is 0.244. The van der Waals surface area contributed by atoms with E-state index in [4.69, 9.17) is 15.7 Å². The van der Waals surface area contributed by atoms with Gasteiger partial charge in [-0.05, 0) is 37.0 Å². The van der Waals surface area contributed by atoms with Crippen LogP contribution in [-0.4, -0.2) is 49.8 Å². The van der Waals surface area contributed by atoms with Gasteiger partial charge in [-0.2, -0.15) is 9.61 Å². The lowest BCUT2D eigenvalue weighted by atomic mass is 10.1. The van der Waals surface area contributed by atoms with Gasteiger partial charge in [0, 0.05) is 49.7 Å². The molecule has 2 aromatic carbocycles. The Bertz CT molecular complexity index is 1650. The summed E-state index contributed by atoms with van der Waals surface area (Å²) in [5.74, 6) is 1.51. The number of nitrogens with one attached hydrogen (secondary N) is 1. The normalized spacial score (nSPS) is 15.1. The van der Waals surface area contributed by atoms with Crippen molar-refractivity contribution in [2.75, 3.05) is 28.2 Å². The zero-order valence-corrected chi connectivity index (χ0v) is 23.5. The van der Waals surface area contributed by atoms with Gasteiger partial charge in [0.1, 0.15) is 23.0 Å². The van der Waals surface area contributed by atoms with Gasteiger partial charge in [-0.25, -0.2) is 9.97 Å². The fourth-order valence-corrected chi connectivity index (χ4v) is 5.43. The number of nitrogens with two attached hydrogens (primary N) is 1. The number of β-amino-alcohol motifs (C(OH)–C–C–N with tert-alkyl or cyclic N) is 1. The molecule has 214 valence electrons. The third kappa shape index (κ3) is 6.03. The van der Waals surface area contributed by atoms with Crippen LogP contribution in [0.4, 0.5) is 23.1 Å². The fourth-order valence-electron chi connectivity index (χ4n) is 5.43. The molecule has 10 heteroatoms. The summed E-state index contributed by atoms with van der Waals surface area (Å²) < 4.78 is 1.68. The number of aliphatic hydroxyl groups is 1. The zero-order valence-electron chi connectivity index (χ0n) is 23.5. The zero-order chi connectivity index (χ0) is 29.1. The summed E-state index contributed by atoms with van der Waals surface area (Å²) in [5, 5.41) is 18.2. The van der Waals surface area contributed by atoms with Crippen molar-refractivity contribution in [2.45, 2.75) is 39.0 Å². The van der Waals surface area contributed by atoms with Crippen LogP contribution in [-0.2, 0) is 13.1 Å². The number of rotatable bonds is 9. The molecule has 3 aromatic heterocycles. The van der Waals surface area contributed by atoms with Gasteiger partial charge in [0.25, 0.3) is 5.91 Å². The van der Waals surface area contributed by atoms with Crippen molar-refractivity contribution in [3.63, 3.8) is 0 Å². The van der Waals surface area contributed by atoms with E-state index in [1.807, 2.05) is 61.5 Å². The summed E-state index contributed by atoms with van der Waals surface area (Å²) >= 11 is 0. The van der Waals surface area contributed by atoms with Crippen LogP contribution in [0.15, 0.2) is 85.1 Å². The maximum absolute atomic E-state index is 12.4. The van der Waals surface area contributed by atoms with Gasteiger partial charge in [0.2, 0.25) is 0 Å². The maximum Gasteiger partial charge on any atom is 0.254 e. The molecule has 0 saturated carbocycles. The van der Waals surface area contributed by atoms with Crippen LogP contribution in [0.25, 0.3) is 5.65 Å². The third-order valence-electron chi connectivity index (χ3n) is 7.41. The SMILES string of the molecule is Cc1cc(Nc2cc(N(Cc3ccccc3)Cc3ccccc3)n3ncc(C(N)=O)c3n2)cc(N2CCC[C@H](O)C2)n1. The van der Waals surface area contributed by atoms with E-state index in [0.29, 0.717) is 31.1 Å². The first-order valence-corrected chi connectivity index (χ1v) is 14.1. The highest BCUT2D eigenvalue weighted by atomic mass is 16.3. The van der Waals surface area contributed by atoms with E-state index in [0.717, 1.165) is 53.5 Å². The van der Waals surface area contributed by atoms with Crippen molar-refractivity contribution in [2.24, 2.45) is 5.73 Å². The second-order valence-electron chi connectivity index (χ2n) is 10.7. The summed E-state index contributed by atoms with van der Waals surface area (Å²) in [4.78, 5) is 26.2. The molecule has 4 heterocycles. The number of aliphatic hydroxyl groups excluding tert-OH is 1. The number of hydrogen-bond acceptors (Lipinski definition) is 8. The monoisotopic (exact) mass is 562 g/mol. The van der Waals surface area contributed by atoms with Crippen LogP contribution in [0.3, 0.4) is 0 Å². The molecule has 0 unspecified atom stereocenters. The molecule has 0 spiro atoms. The highest BCUT2D eigenvalue weighted by Gasteiger charge is 2.22. The van der Waals surface area contributed by atoms with Crippen molar-refractivity contribution in [1.82, 2.24) is 19.6 Å². The number of fused-ring (bicyclic) bond motifs is 1. The number of anilines is 4. The van der Waals surface area contributed by atoms with Crippen molar-refractivity contribution >= 4 is 34.7 Å². The number of aryl methyl sites for hydroxylation is 1. The van der Waals surface area contributed by atoms with E-state index in [1.165, 1.54) is 6.20 Å². The molecule has 1 aliphatic heterocycles. The van der Waals surface area contributed by atoms with E-state index < -0.39 is 5.91 Å². The summed E-state index contributed by atoms with van der Waals surface area (Å²) in [6.07, 6.45) is 2.82. The molecule has 42 heavy (non-hydrogen) atoms. The molecule has 0 bridgehead atoms. The topological polar surface area (TPSA) is 125 Å². The van der Waals surface area contributed by atoms with Crippen LogP contribution < -0.4 is 20.9 Å². The molecule has 4 N–H and O–H groups in total. The number of aromatic nitrogens is 4. The van der Waals surface area contributed by atoms with Crippen molar-refractivity contribution in [3.05, 3.63) is 107 Å². The molecule has 1 saturated heterocycles. The second kappa shape index (κ2) is 11.9. The number of primary amides is 1. The van der Waals surface area contributed by atoms with Crippen LogP contribution in [0.5, 0.6) is 0 Å². The van der Waals surface area contributed by atoms with E-state index in [2.05, 4.69) is 44.5 Å². The molecule has 1 amide bonds. The molecular formula is C32H34N8O2. The Morgan fingerprint density at radius 3 is 2.36 bits per heavy atom. The molecular weight excluding hydrogens is 528 g/mol. The van der Waals surface area contributed by atoms with E-state index >= 15 is 0 Å². The third-order valence-corrected chi connectivity index (χ3v) is 7.41. The Balaban J connectivity index is 1.42. The lowest BCUT2D eigenvalue weighted by Gasteiger charge is -2.31. The first-order chi connectivity index (χ1) is 20.4. The maximum atomic E-state index is 12.4. The lowest BCUT2D eigenvalue weighted by molar-refractivity contribution is 0.100. The Labute approximate surface area is 244 Å². The van der Waals surface area contributed by atoms with Gasteiger partial charge in [-0.15, -0.1) is 0 Å². The highest BCUT2D eigenvalue weighted by Crippen LogP contribution is 2.29. The molecule has 5 aromatic rings. The molecule has 1 fully saturated rings. The van der Waals surface area contributed by atoms with E-state index in [9.17, 15) is 9.90 Å². The second-order valence-corrected chi connectivity index (χ2v) is 10.7. The Morgan fingerprint density at radius 1 is 1.02 bits per heavy atom. The van der Waals surface area contributed by atoms with Crippen LogP contribution in [0, 0.1) is 6.92 Å². The summed E-state index contributed by atoms with van der Waals surface area (Å²) in [7, 11) is 0. The number of piperidine rings is 1. The smallest absolute Gasteiger partial charge is 0.254 e. The van der Waals surface area contributed by atoms with Crippen molar-refractivity contribution in [1.29, 1.82) is 0 Å². The molecule has 1 atom stereocenters. The minimum Gasteiger partial charge on any atom is -0.391 e. The summed E-state index contributed by atoms with van der Waals surface area (Å²) in [5.41, 5.74) is 10.3. The van der Waals surface area contributed by atoms with Crippen LogP contribution in [0.2, 0.25) is 0 Å². The minimum atomic E-state index is -0.594. The van der Waals surface area contributed by atoms with Gasteiger partial charge in [0.05, 0.1) is 12.3 Å². The molecule has 0 radical (unpaired) electrons. The van der Waals surface area contributed by atoms with Gasteiger partial charge in [-0.1, -0.05) is 60.7 Å². The lowest BCUT2D eigenvalue weighted by Crippen LogP contribution is -2.38. The Hall–Kier alpha value is -4.96. The van der Waals surface area contributed by atoms with E-state index in [1.54, 1.807) is 4.52 Å². The van der Waals surface area contributed by atoms with Gasteiger partial charge >= 0.3 is 0 Å². The molecule has 0 aliphatic carbocycles. The largest absolute Gasteiger partial charge is 0.391 e. The molecule has 10 nitrogen and oxygen atoms in total. The number of carbonyl (C=O) groups is 1. The Kier molecular flexibility index (Phi) is 7.70. The van der Waals surface area contributed by atoms with Crippen molar-refractivity contribution in [3.8, 4) is 0 Å². The number of nitrogens with zero attached hydrogens (tertiary/aromatic N) is 6. The van der Waals surface area contributed by atoms with Crippen LogP contribution >= 0.6 is 0 Å². The van der Waals surface area contributed by atoms with Gasteiger partial charge in [0.15, 0.2) is 5.65 Å². The standard InChI is InChI=1S/C32H34N8O2/c1-22-15-25(16-29(35-22)38-14-8-13-26(41)21-38)36-28-17-30(40-32(37-28)27(18-34-40)31(33)42)39(19-23-9-4-2-5-10-23)20-24-11-6-3-7-12-24/h2-7,9-12,15-18,26,41H,8,13-14,19-21H2,1H3,(H2,33,42)(H,35,36,37)/t26-/m0/s1. The number of carbonyl (C=O) groups excluding carboxylic acids is 1. The predicted octanol–water partition coefficient (Wildman–Crippen LogP) is 4.44. The van der Waals surface area contributed by atoms with Gasteiger partial charge < -0.3 is 26.0 Å². The summed E-state index contributed by atoms with van der Waals surface area (Å²) in [6, 6.07) is 26.3. The van der Waals surface area contributed by atoms with E-state index in [-0.39, 0.29) is 11.7 Å². The molecule has 1 aliphatic rings. The number of pyridine rings is 1. The predicted molar refractivity (Wildman–Crippen MR) is 164 cm³/mol. The summed E-state index contributed by atoms with van der Waals surface area (Å²) in [6.45, 7) is 4.55. The fraction of sp³-hybridized carbons (Fsp3) is 0.250. The average Bonchev–Trinajstić information content (AvgIpc) is 3.42. The highest BCUT2D eigenvalue weighted by molar-refractivity contribution is 5.99. The first-order valence-electron chi connectivity index (χ1n) is 14.1. The number of hydrogen-bond donors (Lipinski definition) is 3. The number of benzene rings is 2. The number of amides is 1.